The lowest BCUT2D eigenvalue weighted by atomic mass is 10.1. The Morgan fingerprint density at radius 3 is 2.81 bits per heavy atom. The molecule has 0 saturated carbocycles. The number of carbonyl (C=O) groups is 1. The van der Waals surface area contributed by atoms with E-state index in [4.69, 9.17) is 16.3 Å². The summed E-state index contributed by atoms with van der Waals surface area (Å²) in [4.78, 5) is 23.3. The van der Waals surface area contributed by atoms with Crippen molar-refractivity contribution in [2.45, 2.75) is 49.3 Å². The smallest absolute Gasteiger partial charge is 0.410 e. The van der Waals surface area contributed by atoms with Crippen LogP contribution in [0.3, 0.4) is 0 Å². The first-order valence-electron chi connectivity index (χ1n) is 8.16. The molecule has 0 radical (unpaired) electrons. The molecule has 0 unspecified atom stereocenters. The second-order valence-corrected chi connectivity index (χ2v) is 8.37. The summed E-state index contributed by atoms with van der Waals surface area (Å²) >= 11 is 7.49. The van der Waals surface area contributed by atoms with Gasteiger partial charge in [0.05, 0.1) is 17.3 Å². The van der Waals surface area contributed by atoms with Gasteiger partial charge in [0.15, 0.2) is 0 Å². The zero-order chi connectivity index (χ0) is 18.9. The van der Waals surface area contributed by atoms with Crippen LogP contribution < -0.4 is 0 Å². The molecule has 0 spiro atoms. The van der Waals surface area contributed by atoms with Crippen LogP contribution in [-0.2, 0) is 17.7 Å². The van der Waals surface area contributed by atoms with E-state index >= 15 is 0 Å². The maximum Gasteiger partial charge on any atom is 0.410 e. The molecule has 0 bridgehead atoms. The molecule has 3 rings (SSSR count). The van der Waals surface area contributed by atoms with Gasteiger partial charge in [0.1, 0.15) is 22.8 Å². The van der Waals surface area contributed by atoms with Crippen LogP contribution in [0.15, 0.2) is 34.4 Å². The lowest BCUT2D eigenvalue weighted by molar-refractivity contribution is 0.0219. The molecule has 26 heavy (non-hydrogen) atoms. The zero-order valence-corrected chi connectivity index (χ0v) is 16.3. The predicted octanol–water partition coefficient (Wildman–Crippen LogP) is 4.71. The molecule has 2 heterocycles. The minimum Gasteiger partial charge on any atom is -0.444 e. The van der Waals surface area contributed by atoms with E-state index in [2.05, 4.69) is 9.97 Å². The van der Waals surface area contributed by atoms with E-state index in [-0.39, 0.29) is 11.9 Å². The SMILES string of the molecule is CC(C)(C)OC(=O)N1CCc2c(ncnc2Sc2ccc(F)cc2Cl)C1. The van der Waals surface area contributed by atoms with E-state index in [9.17, 15) is 9.18 Å². The van der Waals surface area contributed by atoms with Crippen LogP contribution in [-0.4, -0.2) is 33.1 Å². The normalized spacial score (nSPS) is 14.1. The van der Waals surface area contributed by atoms with Gasteiger partial charge in [-0.15, -0.1) is 0 Å². The number of halogens is 2. The third-order valence-corrected chi connectivity index (χ3v) is 5.27. The molecule has 1 aliphatic heterocycles. The van der Waals surface area contributed by atoms with Crippen LogP contribution in [0.4, 0.5) is 9.18 Å². The lowest BCUT2D eigenvalue weighted by Crippen LogP contribution is -2.40. The molecule has 2 aromatic rings. The largest absolute Gasteiger partial charge is 0.444 e. The fourth-order valence-corrected chi connectivity index (χ4v) is 3.78. The van der Waals surface area contributed by atoms with Crippen molar-refractivity contribution in [3.8, 4) is 0 Å². The van der Waals surface area contributed by atoms with Crippen molar-refractivity contribution in [3.63, 3.8) is 0 Å². The number of rotatable bonds is 2. The van der Waals surface area contributed by atoms with Gasteiger partial charge in [0, 0.05) is 17.0 Å². The van der Waals surface area contributed by atoms with Crippen LogP contribution in [0.25, 0.3) is 0 Å². The molecule has 1 aliphatic rings. The van der Waals surface area contributed by atoms with Gasteiger partial charge >= 0.3 is 6.09 Å². The summed E-state index contributed by atoms with van der Waals surface area (Å²) in [6, 6.07) is 4.28. The van der Waals surface area contributed by atoms with Gasteiger partial charge in [0.25, 0.3) is 0 Å². The molecule has 1 aromatic carbocycles. The molecule has 0 aliphatic carbocycles. The highest BCUT2D eigenvalue weighted by atomic mass is 35.5. The van der Waals surface area contributed by atoms with Crippen molar-refractivity contribution in [1.29, 1.82) is 0 Å². The number of nitrogens with zero attached hydrogens (tertiary/aromatic N) is 3. The Kier molecular flexibility index (Phi) is 5.39. The molecule has 0 fully saturated rings. The molecule has 8 heteroatoms. The van der Waals surface area contributed by atoms with Crippen molar-refractivity contribution >= 4 is 29.5 Å². The standard InChI is InChI=1S/C18H19ClFN3O2S/c1-18(2,3)25-17(24)23-7-6-12-14(9-23)21-10-22-16(12)26-15-5-4-11(20)8-13(15)19/h4-5,8,10H,6-7,9H2,1-3H3. The topological polar surface area (TPSA) is 55.3 Å². The highest BCUT2D eigenvalue weighted by Crippen LogP contribution is 2.36. The molecule has 0 saturated heterocycles. The number of fused-ring (bicyclic) bond motifs is 1. The summed E-state index contributed by atoms with van der Waals surface area (Å²) in [5, 5.41) is 1.11. The fraction of sp³-hybridized carbons (Fsp3) is 0.389. The predicted molar refractivity (Wildman–Crippen MR) is 97.9 cm³/mol. The number of benzene rings is 1. The summed E-state index contributed by atoms with van der Waals surface area (Å²) in [6.45, 7) is 6.42. The maximum absolute atomic E-state index is 13.2. The molecular formula is C18H19ClFN3O2S. The van der Waals surface area contributed by atoms with Crippen LogP contribution >= 0.6 is 23.4 Å². The van der Waals surface area contributed by atoms with E-state index in [0.717, 1.165) is 21.2 Å². The van der Waals surface area contributed by atoms with Crippen molar-refractivity contribution in [3.05, 3.63) is 46.6 Å². The van der Waals surface area contributed by atoms with Crippen molar-refractivity contribution < 1.29 is 13.9 Å². The Hall–Kier alpha value is -1.86. The molecule has 5 nitrogen and oxygen atoms in total. The first-order valence-corrected chi connectivity index (χ1v) is 9.36. The van der Waals surface area contributed by atoms with Crippen LogP contribution in [0.2, 0.25) is 5.02 Å². The number of ether oxygens (including phenoxy) is 1. The summed E-state index contributed by atoms with van der Waals surface area (Å²) in [5.41, 5.74) is 1.24. The molecule has 1 amide bonds. The second-order valence-electron chi connectivity index (χ2n) is 6.93. The van der Waals surface area contributed by atoms with E-state index in [1.807, 2.05) is 20.8 Å². The van der Waals surface area contributed by atoms with Crippen LogP contribution in [0.1, 0.15) is 32.0 Å². The van der Waals surface area contributed by atoms with Crippen molar-refractivity contribution in [2.75, 3.05) is 6.54 Å². The van der Waals surface area contributed by atoms with Crippen LogP contribution in [0.5, 0.6) is 0 Å². The van der Waals surface area contributed by atoms with E-state index < -0.39 is 5.60 Å². The monoisotopic (exact) mass is 395 g/mol. The number of amides is 1. The average molecular weight is 396 g/mol. The Morgan fingerprint density at radius 2 is 2.12 bits per heavy atom. The van der Waals surface area contributed by atoms with Gasteiger partial charge in [-0.3, -0.25) is 0 Å². The summed E-state index contributed by atoms with van der Waals surface area (Å²) < 4.78 is 18.7. The Labute approximate surface area is 160 Å². The second kappa shape index (κ2) is 7.40. The van der Waals surface area contributed by atoms with Crippen molar-refractivity contribution in [1.82, 2.24) is 14.9 Å². The minimum atomic E-state index is -0.538. The quantitative estimate of drug-likeness (QED) is 0.689. The summed E-state index contributed by atoms with van der Waals surface area (Å²) in [7, 11) is 0. The third-order valence-electron chi connectivity index (χ3n) is 3.72. The van der Waals surface area contributed by atoms with Gasteiger partial charge in [-0.2, -0.15) is 0 Å². The maximum atomic E-state index is 13.2. The molecule has 0 N–H and O–H groups in total. The van der Waals surface area contributed by atoms with Gasteiger partial charge in [0.2, 0.25) is 0 Å². The van der Waals surface area contributed by atoms with Gasteiger partial charge in [-0.05, 0) is 45.4 Å². The minimum absolute atomic E-state index is 0.341. The van der Waals surface area contributed by atoms with Gasteiger partial charge in [-0.1, -0.05) is 23.4 Å². The number of aromatic nitrogens is 2. The highest BCUT2D eigenvalue weighted by Gasteiger charge is 2.28. The van der Waals surface area contributed by atoms with Crippen molar-refractivity contribution in [2.24, 2.45) is 0 Å². The zero-order valence-electron chi connectivity index (χ0n) is 14.8. The Morgan fingerprint density at radius 1 is 1.35 bits per heavy atom. The van der Waals surface area contributed by atoms with E-state index in [0.29, 0.717) is 24.5 Å². The molecule has 138 valence electrons. The number of hydrogen-bond donors (Lipinski definition) is 0. The summed E-state index contributed by atoms with van der Waals surface area (Å²) in [6.07, 6.45) is 1.74. The lowest BCUT2D eigenvalue weighted by Gasteiger charge is -2.31. The third kappa shape index (κ3) is 4.45. The van der Waals surface area contributed by atoms with Gasteiger partial charge < -0.3 is 9.64 Å². The van der Waals surface area contributed by atoms with E-state index in [1.54, 1.807) is 11.0 Å². The molecular weight excluding hydrogens is 377 g/mol. The first kappa shape index (κ1) is 18.9. The average Bonchev–Trinajstić information content (AvgIpc) is 2.55. The highest BCUT2D eigenvalue weighted by molar-refractivity contribution is 7.99. The number of carbonyl (C=O) groups excluding carboxylic acids is 1. The Bertz CT molecular complexity index is 842. The first-order chi connectivity index (χ1) is 12.2. The van der Waals surface area contributed by atoms with Gasteiger partial charge in [-0.25, -0.2) is 19.2 Å². The van der Waals surface area contributed by atoms with Crippen LogP contribution in [0, 0.1) is 5.82 Å². The molecule has 1 aromatic heterocycles. The fourth-order valence-electron chi connectivity index (χ4n) is 2.56. The Balaban J connectivity index is 1.79. The van der Waals surface area contributed by atoms with E-state index in [1.165, 1.54) is 30.2 Å². The number of hydrogen-bond acceptors (Lipinski definition) is 5. The summed E-state index contributed by atoms with van der Waals surface area (Å²) in [5.74, 6) is -0.378. The molecule has 0 atom stereocenters.